The Morgan fingerprint density at radius 3 is 2.37 bits per heavy atom. The number of anilines is 1. The second-order valence-electron chi connectivity index (χ2n) is 4.04. The van der Waals surface area contributed by atoms with Crippen molar-refractivity contribution in [3.63, 3.8) is 0 Å². The van der Waals surface area contributed by atoms with E-state index in [1.165, 1.54) is 6.07 Å². The van der Waals surface area contributed by atoms with Gasteiger partial charge in [-0.3, -0.25) is 4.79 Å². The maximum atomic E-state index is 13.7. The standard InChI is InChI=1S/C14H10Br2FNO/c1-8-3-2-4-12(17)13(8)18-14(19)9-5-10(15)7-11(16)6-9/h2-7H,1H3,(H,18,19). The molecule has 0 unspecified atom stereocenters. The lowest BCUT2D eigenvalue weighted by atomic mass is 10.1. The molecule has 5 heteroatoms. The molecule has 0 aromatic heterocycles. The third-order valence-electron chi connectivity index (χ3n) is 2.59. The number of hydrogen-bond acceptors (Lipinski definition) is 1. The molecule has 0 aliphatic carbocycles. The number of para-hydroxylation sites is 1. The molecule has 0 bridgehead atoms. The van der Waals surface area contributed by atoms with Crippen LogP contribution in [0.3, 0.4) is 0 Å². The molecule has 0 saturated carbocycles. The molecule has 2 nitrogen and oxygen atoms in total. The first-order valence-electron chi connectivity index (χ1n) is 5.50. The van der Waals surface area contributed by atoms with Crippen LogP contribution >= 0.6 is 31.9 Å². The van der Waals surface area contributed by atoms with E-state index in [4.69, 9.17) is 0 Å². The van der Waals surface area contributed by atoms with Crippen LogP contribution in [-0.2, 0) is 0 Å². The van der Waals surface area contributed by atoms with Gasteiger partial charge >= 0.3 is 0 Å². The van der Waals surface area contributed by atoms with Crippen molar-refractivity contribution in [1.29, 1.82) is 0 Å². The fourth-order valence-corrected chi connectivity index (χ4v) is 2.95. The monoisotopic (exact) mass is 385 g/mol. The van der Waals surface area contributed by atoms with Crippen LogP contribution in [0.15, 0.2) is 45.3 Å². The molecule has 0 aliphatic rings. The molecule has 1 amide bonds. The van der Waals surface area contributed by atoms with Crippen molar-refractivity contribution in [1.82, 2.24) is 0 Å². The van der Waals surface area contributed by atoms with Gasteiger partial charge < -0.3 is 5.32 Å². The number of halogens is 3. The second kappa shape index (κ2) is 5.84. The molecule has 1 N–H and O–H groups in total. The smallest absolute Gasteiger partial charge is 0.255 e. The van der Waals surface area contributed by atoms with Crippen LogP contribution in [0.5, 0.6) is 0 Å². The summed E-state index contributed by atoms with van der Waals surface area (Å²) >= 11 is 6.62. The number of amides is 1. The molecular formula is C14H10Br2FNO. The summed E-state index contributed by atoms with van der Waals surface area (Å²) in [6.45, 7) is 1.75. The molecule has 98 valence electrons. The maximum absolute atomic E-state index is 13.7. The molecule has 0 fully saturated rings. The zero-order valence-corrected chi connectivity index (χ0v) is 13.2. The van der Waals surface area contributed by atoms with Gasteiger partial charge in [0.15, 0.2) is 0 Å². The Balaban J connectivity index is 2.31. The molecule has 0 atom stereocenters. The zero-order chi connectivity index (χ0) is 14.0. The lowest BCUT2D eigenvalue weighted by Gasteiger charge is -2.10. The topological polar surface area (TPSA) is 29.1 Å². The quantitative estimate of drug-likeness (QED) is 0.780. The molecule has 2 aromatic rings. The summed E-state index contributed by atoms with van der Waals surface area (Å²) in [5.41, 5.74) is 1.34. The minimum absolute atomic E-state index is 0.212. The molecule has 0 saturated heterocycles. The van der Waals surface area contributed by atoms with Crippen molar-refractivity contribution in [2.75, 3.05) is 5.32 Å². The molecule has 0 spiro atoms. The SMILES string of the molecule is Cc1cccc(F)c1NC(=O)c1cc(Br)cc(Br)c1. The largest absolute Gasteiger partial charge is 0.319 e. The predicted octanol–water partition coefficient (Wildman–Crippen LogP) is 4.91. The van der Waals surface area contributed by atoms with Gasteiger partial charge in [0.2, 0.25) is 0 Å². The summed E-state index contributed by atoms with van der Waals surface area (Å²) in [5, 5.41) is 2.59. The van der Waals surface area contributed by atoms with E-state index in [9.17, 15) is 9.18 Å². The van der Waals surface area contributed by atoms with Crippen LogP contribution in [0.2, 0.25) is 0 Å². The number of rotatable bonds is 2. The Hall–Kier alpha value is -1.20. The van der Waals surface area contributed by atoms with Crippen LogP contribution < -0.4 is 5.32 Å². The Morgan fingerprint density at radius 2 is 1.79 bits per heavy atom. The molecular weight excluding hydrogens is 377 g/mol. The van der Waals surface area contributed by atoms with Crippen molar-refractivity contribution in [2.45, 2.75) is 6.92 Å². The fraction of sp³-hybridized carbons (Fsp3) is 0.0714. The molecule has 19 heavy (non-hydrogen) atoms. The molecule has 2 aromatic carbocycles. The van der Waals surface area contributed by atoms with Gasteiger partial charge in [-0.2, -0.15) is 0 Å². The highest BCUT2D eigenvalue weighted by Gasteiger charge is 2.12. The molecule has 0 radical (unpaired) electrons. The molecule has 0 aliphatic heterocycles. The second-order valence-corrected chi connectivity index (χ2v) is 5.88. The van der Waals surface area contributed by atoms with E-state index >= 15 is 0 Å². The number of hydrogen-bond donors (Lipinski definition) is 1. The highest BCUT2D eigenvalue weighted by molar-refractivity contribution is 9.11. The Morgan fingerprint density at radius 1 is 1.16 bits per heavy atom. The summed E-state index contributed by atoms with van der Waals surface area (Å²) in [5.74, 6) is -0.794. The van der Waals surface area contributed by atoms with Gasteiger partial charge in [0.05, 0.1) is 5.69 Å². The third-order valence-corrected chi connectivity index (χ3v) is 3.50. The van der Waals surface area contributed by atoms with E-state index in [1.54, 1.807) is 31.2 Å². The zero-order valence-electron chi connectivity index (χ0n) is 10.0. The summed E-state index contributed by atoms with van der Waals surface area (Å²) in [6.07, 6.45) is 0. The summed E-state index contributed by atoms with van der Waals surface area (Å²) < 4.78 is 15.2. The lowest BCUT2D eigenvalue weighted by molar-refractivity contribution is 0.102. The number of carbonyl (C=O) groups is 1. The maximum Gasteiger partial charge on any atom is 0.255 e. The van der Waals surface area contributed by atoms with E-state index in [-0.39, 0.29) is 11.6 Å². The van der Waals surface area contributed by atoms with Gasteiger partial charge in [-0.25, -0.2) is 4.39 Å². The van der Waals surface area contributed by atoms with Crippen LogP contribution in [0.4, 0.5) is 10.1 Å². The summed E-state index contributed by atoms with van der Waals surface area (Å²) in [4.78, 5) is 12.1. The fourth-order valence-electron chi connectivity index (χ4n) is 1.66. The molecule has 2 rings (SSSR count). The van der Waals surface area contributed by atoms with E-state index in [1.807, 2.05) is 6.07 Å². The summed E-state index contributed by atoms with van der Waals surface area (Å²) in [7, 11) is 0. The van der Waals surface area contributed by atoms with Crippen molar-refractivity contribution in [3.8, 4) is 0 Å². The van der Waals surface area contributed by atoms with E-state index < -0.39 is 5.82 Å². The first kappa shape index (κ1) is 14.2. The van der Waals surface area contributed by atoms with Crippen LogP contribution in [-0.4, -0.2) is 5.91 Å². The highest BCUT2D eigenvalue weighted by Crippen LogP contribution is 2.23. The van der Waals surface area contributed by atoms with Crippen LogP contribution in [0.25, 0.3) is 0 Å². The van der Waals surface area contributed by atoms with Gasteiger partial charge in [0.25, 0.3) is 5.91 Å². The van der Waals surface area contributed by atoms with Crippen molar-refractivity contribution in [3.05, 3.63) is 62.3 Å². The van der Waals surface area contributed by atoms with Gasteiger partial charge in [0.1, 0.15) is 5.82 Å². The highest BCUT2D eigenvalue weighted by atomic mass is 79.9. The predicted molar refractivity (Wildman–Crippen MR) is 80.9 cm³/mol. The minimum atomic E-state index is -0.442. The lowest BCUT2D eigenvalue weighted by Crippen LogP contribution is -2.14. The van der Waals surface area contributed by atoms with Crippen molar-refractivity contribution >= 4 is 43.5 Å². The minimum Gasteiger partial charge on any atom is -0.319 e. The Labute approximate surface area is 127 Å². The molecule has 0 heterocycles. The Kier molecular flexibility index (Phi) is 4.37. The Bertz CT molecular complexity index is 603. The number of carbonyl (C=O) groups excluding carboxylic acids is 1. The first-order chi connectivity index (χ1) is 8.97. The van der Waals surface area contributed by atoms with Crippen LogP contribution in [0, 0.1) is 12.7 Å². The number of nitrogens with one attached hydrogen (secondary N) is 1. The first-order valence-corrected chi connectivity index (χ1v) is 7.08. The van der Waals surface area contributed by atoms with Crippen molar-refractivity contribution < 1.29 is 9.18 Å². The number of benzene rings is 2. The normalized spacial score (nSPS) is 10.3. The average Bonchev–Trinajstić information content (AvgIpc) is 2.32. The van der Waals surface area contributed by atoms with Gasteiger partial charge in [0, 0.05) is 14.5 Å². The summed E-state index contributed by atoms with van der Waals surface area (Å²) in [6, 6.07) is 9.85. The van der Waals surface area contributed by atoms with Gasteiger partial charge in [-0.1, -0.05) is 44.0 Å². The van der Waals surface area contributed by atoms with E-state index in [2.05, 4.69) is 37.2 Å². The van der Waals surface area contributed by atoms with Gasteiger partial charge in [-0.05, 0) is 36.8 Å². The number of aryl methyl sites for hydroxylation is 1. The van der Waals surface area contributed by atoms with Gasteiger partial charge in [-0.15, -0.1) is 0 Å². The van der Waals surface area contributed by atoms with E-state index in [0.717, 1.165) is 8.95 Å². The van der Waals surface area contributed by atoms with E-state index in [0.29, 0.717) is 11.1 Å². The van der Waals surface area contributed by atoms with Crippen molar-refractivity contribution in [2.24, 2.45) is 0 Å². The van der Waals surface area contributed by atoms with Crippen LogP contribution in [0.1, 0.15) is 15.9 Å². The average molecular weight is 387 g/mol. The third kappa shape index (κ3) is 3.42.